The smallest absolute Gasteiger partial charge is 0.262 e. The highest BCUT2D eigenvalue weighted by atomic mass is 79.9. The molecule has 0 aliphatic heterocycles. The van der Waals surface area contributed by atoms with Crippen LogP contribution in [0.15, 0.2) is 45.0 Å². The Bertz CT molecular complexity index is 934. The van der Waals surface area contributed by atoms with Crippen molar-refractivity contribution >= 4 is 38.6 Å². The van der Waals surface area contributed by atoms with Gasteiger partial charge in [-0.15, -0.1) is 0 Å². The minimum Gasteiger partial charge on any atom is -0.287 e. The fourth-order valence-corrected chi connectivity index (χ4v) is 3.99. The Balaban J connectivity index is 1.96. The van der Waals surface area contributed by atoms with E-state index in [1.165, 1.54) is 0 Å². The third kappa shape index (κ3) is 4.33. The zero-order valence-corrected chi connectivity index (χ0v) is 16.8. The number of aryl methyl sites for hydroxylation is 1. The van der Waals surface area contributed by atoms with Crippen LogP contribution in [0.4, 0.5) is 0 Å². The zero-order valence-electron chi connectivity index (χ0n) is 14.4. The Morgan fingerprint density at radius 1 is 1.28 bits per heavy atom. The van der Waals surface area contributed by atoms with Gasteiger partial charge in [-0.05, 0) is 24.6 Å². The number of hydrogen-bond donors (Lipinski definition) is 0. The number of thioether (sulfide) groups is 1. The summed E-state index contributed by atoms with van der Waals surface area (Å²) in [5.74, 6) is 0.746. The summed E-state index contributed by atoms with van der Waals surface area (Å²) >= 11 is 5.04. The van der Waals surface area contributed by atoms with E-state index in [0.29, 0.717) is 11.9 Å². The zero-order chi connectivity index (χ0) is 17.8. The highest BCUT2D eigenvalue weighted by Crippen LogP contribution is 2.23. The monoisotopic (exact) mass is 420 g/mol. The summed E-state index contributed by atoms with van der Waals surface area (Å²) in [7, 11) is 1.90. The van der Waals surface area contributed by atoms with Crippen LogP contribution in [0.3, 0.4) is 0 Å². The summed E-state index contributed by atoms with van der Waals surface area (Å²) < 4.78 is 4.51. The van der Waals surface area contributed by atoms with E-state index >= 15 is 0 Å². The summed E-state index contributed by atoms with van der Waals surface area (Å²) in [6.45, 7) is 2.87. The predicted molar refractivity (Wildman–Crippen MR) is 106 cm³/mol. The van der Waals surface area contributed by atoms with Crippen LogP contribution in [-0.2, 0) is 19.3 Å². The SMILES string of the molecule is CCCCCn1c(SCc2cnn(C)c2)nc2ccc(Br)cc2c1=O. The largest absolute Gasteiger partial charge is 0.287 e. The van der Waals surface area contributed by atoms with Gasteiger partial charge in [-0.1, -0.05) is 47.5 Å². The molecule has 0 fully saturated rings. The first-order valence-corrected chi connectivity index (χ1v) is 10.2. The maximum absolute atomic E-state index is 13.0. The number of nitrogens with zero attached hydrogens (tertiary/aromatic N) is 4. The van der Waals surface area contributed by atoms with Crippen molar-refractivity contribution in [2.24, 2.45) is 7.05 Å². The molecule has 2 heterocycles. The molecule has 0 radical (unpaired) electrons. The molecular weight excluding hydrogens is 400 g/mol. The van der Waals surface area contributed by atoms with Crippen LogP contribution in [-0.4, -0.2) is 19.3 Å². The van der Waals surface area contributed by atoms with Gasteiger partial charge in [0.05, 0.1) is 17.1 Å². The molecule has 0 unspecified atom stereocenters. The lowest BCUT2D eigenvalue weighted by atomic mass is 10.2. The lowest BCUT2D eigenvalue weighted by Crippen LogP contribution is -2.23. The van der Waals surface area contributed by atoms with Crippen molar-refractivity contribution in [3.05, 3.63) is 51.0 Å². The fourth-order valence-electron chi connectivity index (χ4n) is 2.69. The van der Waals surface area contributed by atoms with Gasteiger partial charge in [0.2, 0.25) is 0 Å². The summed E-state index contributed by atoms with van der Waals surface area (Å²) in [5.41, 5.74) is 1.91. The van der Waals surface area contributed by atoms with E-state index < -0.39 is 0 Å². The van der Waals surface area contributed by atoms with Crippen molar-refractivity contribution in [3.63, 3.8) is 0 Å². The molecule has 0 amide bonds. The third-order valence-corrected chi connectivity index (χ3v) is 5.53. The van der Waals surface area contributed by atoms with Crippen LogP contribution in [0, 0.1) is 0 Å². The average Bonchev–Trinajstić information content (AvgIpc) is 3.01. The summed E-state index contributed by atoms with van der Waals surface area (Å²) in [4.78, 5) is 17.7. The van der Waals surface area contributed by atoms with Gasteiger partial charge in [-0.2, -0.15) is 5.10 Å². The Labute approximate surface area is 159 Å². The van der Waals surface area contributed by atoms with E-state index in [1.54, 1.807) is 16.4 Å². The molecule has 0 aliphatic carbocycles. The number of unbranched alkanes of at least 4 members (excludes halogenated alkanes) is 2. The van der Waals surface area contributed by atoms with Gasteiger partial charge in [-0.3, -0.25) is 14.0 Å². The topological polar surface area (TPSA) is 52.7 Å². The summed E-state index contributed by atoms with van der Waals surface area (Å²) in [6.07, 6.45) is 7.06. The quantitative estimate of drug-likeness (QED) is 0.323. The number of fused-ring (bicyclic) bond motifs is 1. The number of halogens is 1. The number of benzene rings is 1. The van der Waals surface area contributed by atoms with Crippen molar-refractivity contribution < 1.29 is 0 Å². The maximum atomic E-state index is 13.0. The minimum atomic E-state index is 0.0380. The van der Waals surface area contributed by atoms with E-state index in [2.05, 4.69) is 28.0 Å². The first-order chi connectivity index (χ1) is 12.1. The molecule has 0 bridgehead atoms. The van der Waals surface area contributed by atoms with Crippen LogP contribution in [0.25, 0.3) is 10.9 Å². The van der Waals surface area contributed by atoms with Crippen LogP contribution in [0.1, 0.15) is 31.7 Å². The second-order valence-corrected chi connectivity index (χ2v) is 7.89. The second kappa shape index (κ2) is 8.19. The molecule has 2 aromatic heterocycles. The third-order valence-electron chi connectivity index (χ3n) is 3.99. The molecule has 132 valence electrons. The van der Waals surface area contributed by atoms with E-state index in [1.807, 2.05) is 42.2 Å². The van der Waals surface area contributed by atoms with Crippen molar-refractivity contribution in [2.45, 2.75) is 43.6 Å². The molecule has 5 nitrogen and oxygen atoms in total. The molecule has 7 heteroatoms. The van der Waals surface area contributed by atoms with Gasteiger partial charge in [0.25, 0.3) is 5.56 Å². The number of rotatable bonds is 7. The van der Waals surface area contributed by atoms with Crippen LogP contribution >= 0.6 is 27.7 Å². The fraction of sp³-hybridized carbons (Fsp3) is 0.389. The Hall–Kier alpha value is -1.60. The van der Waals surface area contributed by atoms with E-state index in [0.717, 1.165) is 45.7 Å². The number of aromatic nitrogens is 4. The van der Waals surface area contributed by atoms with Crippen LogP contribution < -0.4 is 5.56 Å². The minimum absolute atomic E-state index is 0.0380. The van der Waals surface area contributed by atoms with Crippen molar-refractivity contribution in [3.8, 4) is 0 Å². The molecule has 0 aliphatic rings. The van der Waals surface area contributed by atoms with Crippen molar-refractivity contribution in [1.82, 2.24) is 19.3 Å². The second-order valence-electron chi connectivity index (χ2n) is 6.03. The molecular formula is C18H21BrN4OS. The van der Waals surface area contributed by atoms with Gasteiger partial charge in [0.15, 0.2) is 5.16 Å². The first-order valence-electron chi connectivity index (χ1n) is 8.39. The van der Waals surface area contributed by atoms with Crippen molar-refractivity contribution in [2.75, 3.05) is 0 Å². The molecule has 0 spiro atoms. The van der Waals surface area contributed by atoms with Crippen LogP contribution in [0.2, 0.25) is 0 Å². The molecule has 0 saturated carbocycles. The Kier molecular flexibility index (Phi) is 5.96. The van der Waals surface area contributed by atoms with Gasteiger partial charge in [0.1, 0.15) is 0 Å². The lowest BCUT2D eigenvalue weighted by Gasteiger charge is -2.13. The average molecular weight is 421 g/mol. The summed E-state index contributed by atoms with van der Waals surface area (Å²) in [5, 5.41) is 5.64. The lowest BCUT2D eigenvalue weighted by molar-refractivity contribution is 0.541. The predicted octanol–water partition coefficient (Wildman–Crippen LogP) is 4.38. The Morgan fingerprint density at radius 3 is 2.84 bits per heavy atom. The van der Waals surface area contributed by atoms with E-state index in [-0.39, 0.29) is 5.56 Å². The summed E-state index contributed by atoms with van der Waals surface area (Å²) in [6, 6.07) is 5.67. The normalized spacial score (nSPS) is 11.3. The van der Waals surface area contributed by atoms with Crippen LogP contribution in [0.5, 0.6) is 0 Å². The van der Waals surface area contributed by atoms with E-state index in [4.69, 9.17) is 4.98 Å². The molecule has 0 saturated heterocycles. The molecule has 1 aromatic carbocycles. The molecule has 0 atom stereocenters. The molecule has 3 rings (SSSR count). The standard InChI is InChI=1S/C18H21BrN4OS/c1-3-4-5-8-23-17(24)15-9-14(19)6-7-16(15)21-18(23)25-12-13-10-20-22(2)11-13/h6-7,9-11H,3-5,8,12H2,1-2H3. The molecule has 3 aromatic rings. The maximum Gasteiger partial charge on any atom is 0.262 e. The first kappa shape index (κ1) is 18.2. The molecule has 0 N–H and O–H groups in total. The highest BCUT2D eigenvalue weighted by Gasteiger charge is 2.12. The number of hydrogen-bond acceptors (Lipinski definition) is 4. The highest BCUT2D eigenvalue weighted by molar-refractivity contribution is 9.10. The molecule has 25 heavy (non-hydrogen) atoms. The van der Waals surface area contributed by atoms with Crippen molar-refractivity contribution in [1.29, 1.82) is 0 Å². The van der Waals surface area contributed by atoms with Gasteiger partial charge in [0, 0.05) is 35.6 Å². The Morgan fingerprint density at radius 2 is 2.12 bits per heavy atom. The van der Waals surface area contributed by atoms with Gasteiger partial charge in [-0.25, -0.2) is 4.98 Å². The van der Waals surface area contributed by atoms with E-state index in [9.17, 15) is 4.79 Å². The van der Waals surface area contributed by atoms with Gasteiger partial charge >= 0.3 is 0 Å². The van der Waals surface area contributed by atoms with Gasteiger partial charge < -0.3 is 0 Å².